The van der Waals surface area contributed by atoms with Gasteiger partial charge in [-0.05, 0) is 0 Å². The molecule has 0 radical (unpaired) electrons. The van der Waals surface area contributed by atoms with E-state index in [1.165, 1.54) is 0 Å². The Bertz CT molecular complexity index is 211. The van der Waals surface area contributed by atoms with Crippen LogP contribution in [0.5, 0.6) is 0 Å². The third-order valence-electron chi connectivity index (χ3n) is 0.850. The van der Waals surface area contributed by atoms with Crippen LogP contribution in [-0.4, -0.2) is 27.0 Å². The van der Waals surface area contributed by atoms with Crippen LogP contribution >= 0.6 is 7.82 Å². The Morgan fingerprint density at radius 1 is 0.938 bits per heavy atom. The molecule has 0 amide bonds. The largest absolute Gasteiger partial charge is 1.00 e. The van der Waals surface area contributed by atoms with E-state index in [4.69, 9.17) is 19.2 Å². The van der Waals surface area contributed by atoms with Crippen molar-refractivity contribution in [1.82, 2.24) is 0 Å². The number of rotatable bonds is 0. The molecule has 0 unspecified atom stereocenters. The molecule has 0 aromatic carbocycles. The third-order valence-corrected chi connectivity index (χ3v) is 0.850. The summed E-state index contributed by atoms with van der Waals surface area (Å²) in [6.07, 6.45) is -10.5. The van der Waals surface area contributed by atoms with Gasteiger partial charge in [-0.15, -0.1) is 5.92 Å². The van der Waals surface area contributed by atoms with Gasteiger partial charge in [0.05, 0.1) is 0 Å². The molecular weight excluding hydrogens is 280 g/mol. The summed E-state index contributed by atoms with van der Waals surface area (Å²) in [6.45, 7) is 0. The standard InChI is InChI=1S/C4H3F6.Na.H3O4P/c1-2(3(5,6)7)4(8,9)10;;1-5(2,3)4/h1H3;;(H3,1,2,3,4)/q-1;+1;. The van der Waals surface area contributed by atoms with Gasteiger partial charge in [-0.1, -0.05) is 0 Å². The molecule has 0 aliphatic rings. The zero-order chi connectivity index (χ0) is 13.1. The molecule has 4 nitrogen and oxygen atoms in total. The third kappa shape index (κ3) is 17.1. The summed E-state index contributed by atoms with van der Waals surface area (Å²) in [5, 5.41) is 0. The molecule has 16 heavy (non-hydrogen) atoms. The molecule has 0 aliphatic heterocycles. The first-order valence-corrected chi connectivity index (χ1v) is 4.48. The van der Waals surface area contributed by atoms with Crippen LogP contribution in [0.4, 0.5) is 26.3 Å². The van der Waals surface area contributed by atoms with E-state index in [0.717, 1.165) is 0 Å². The smallest absolute Gasteiger partial charge is 0.303 e. The first-order chi connectivity index (χ1) is 6.15. The quantitative estimate of drug-likeness (QED) is 0.226. The Morgan fingerprint density at radius 3 is 1.06 bits per heavy atom. The van der Waals surface area contributed by atoms with Gasteiger partial charge >= 0.3 is 37.4 Å². The summed E-state index contributed by atoms with van der Waals surface area (Å²) in [4.78, 5) is 21.6. The first kappa shape index (κ1) is 21.9. The zero-order valence-electron chi connectivity index (χ0n) is 7.96. The van der Waals surface area contributed by atoms with Crippen molar-refractivity contribution in [3.63, 3.8) is 0 Å². The van der Waals surface area contributed by atoms with Crippen LogP contribution in [0.1, 0.15) is 6.92 Å². The molecule has 0 bridgehead atoms. The van der Waals surface area contributed by atoms with Gasteiger partial charge in [0.2, 0.25) is 0 Å². The van der Waals surface area contributed by atoms with Crippen LogP contribution in [0, 0.1) is 5.92 Å². The maximum absolute atomic E-state index is 11.2. The van der Waals surface area contributed by atoms with Crippen LogP contribution in [0.15, 0.2) is 0 Å². The van der Waals surface area contributed by atoms with Gasteiger partial charge in [0.25, 0.3) is 12.4 Å². The van der Waals surface area contributed by atoms with Gasteiger partial charge in [0.15, 0.2) is 0 Å². The Balaban J connectivity index is -0.000000242. The van der Waals surface area contributed by atoms with Gasteiger partial charge in [-0.25, -0.2) is 30.9 Å². The Hall–Kier alpha value is 0.690. The van der Waals surface area contributed by atoms with Gasteiger partial charge in [-0.2, -0.15) is 6.92 Å². The molecule has 94 valence electrons. The topological polar surface area (TPSA) is 77.8 Å². The number of phosphoric acid groups is 1. The van der Waals surface area contributed by atoms with Crippen molar-refractivity contribution in [2.45, 2.75) is 19.3 Å². The maximum Gasteiger partial charge on any atom is 1.00 e. The second kappa shape index (κ2) is 7.20. The van der Waals surface area contributed by atoms with E-state index in [2.05, 4.69) is 0 Å². The Kier molecular flexibility index (Phi) is 9.86. The minimum Gasteiger partial charge on any atom is -0.303 e. The molecule has 0 saturated carbocycles. The van der Waals surface area contributed by atoms with E-state index in [-0.39, 0.29) is 36.5 Å². The second-order valence-electron chi connectivity index (χ2n) is 2.13. The van der Waals surface area contributed by atoms with E-state index in [9.17, 15) is 26.3 Å². The fraction of sp³-hybridized carbons (Fsp3) is 0.750. The SMILES string of the molecule is C[C-](C(F)(F)F)C(F)(F)F.O=P(O)(O)O.[Na+]. The monoisotopic (exact) mass is 286 g/mol. The molecule has 0 rings (SSSR count). The van der Waals surface area contributed by atoms with Crippen LogP contribution in [0.2, 0.25) is 0 Å². The Labute approximate surface area is 108 Å². The first-order valence-electron chi connectivity index (χ1n) is 2.92. The predicted octanol–water partition coefficient (Wildman–Crippen LogP) is -1.22. The predicted molar refractivity (Wildman–Crippen MR) is 35.3 cm³/mol. The average Bonchev–Trinajstić information content (AvgIpc) is 1.77. The van der Waals surface area contributed by atoms with Crippen molar-refractivity contribution >= 4 is 7.82 Å². The van der Waals surface area contributed by atoms with Crippen molar-refractivity contribution in [1.29, 1.82) is 0 Å². The van der Waals surface area contributed by atoms with E-state index in [1.54, 1.807) is 0 Å². The van der Waals surface area contributed by atoms with E-state index in [0.29, 0.717) is 0 Å². The molecule has 3 N–H and O–H groups in total. The van der Waals surface area contributed by atoms with Crippen molar-refractivity contribution < 1.29 is 75.1 Å². The number of halogens is 6. The minimum atomic E-state index is -5.27. The van der Waals surface area contributed by atoms with Crippen LogP contribution < -0.4 is 29.6 Å². The van der Waals surface area contributed by atoms with Crippen molar-refractivity contribution in [2.75, 3.05) is 0 Å². The zero-order valence-corrected chi connectivity index (χ0v) is 10.9. The summed E-state index contributed by atoms with van der Waals surface area (Å²) in [7, 11) is -4.64. The van der Waals surface area contributed by atoms with Crippen LogP contribution in [0.3, 0.4) is 0 Å². The van der Waals surface area contributed by atoms with Crippen LogP contribution in [0.25, 0.3) is 0 Å². The van der Waals surface area contributed by atoms with Gasteiger partial charge in [0.1, 0.15) is 0 Å². The molecule has 0 heterocycles. The molecule has 12 heteroatoms. The minimum absolute atomic E-state index is 0. The van der Waals surface area contributed by atoms with Crippen molar-refractivity contribution in [2.24, 2.45) is 0 Å². The molecule has 0 aromatic rings. The van der Waals surface area contributed by atoms with Crippen molar-refractivity contribution in [3.8, 4) is 0 Å². The second-order valence-corrected chi connectivity index (χ2v) is 3.16. The fourth-order valence-electron chi connectivity index (χ4n) is 0.161. The summed E-state index contributed by atoms with van der Waals surface area (Å²) in [5.41, 5.74) is 0. The normalized spacial score (nSPS) is 12.7. The van der Waals surface area contributed by atoms with E-state index in [1.807, 2.05) is 0 Å². The van der Waals surface area contributed by atoms with E-state index >= 15 is 0 Å². The molecule has 0 spiro atoms. The molecule has 0 fully saturated rings. The Morgan fingerprint density at radius 2 is 1.06 bits per heavy atom. The van der Waals surface area contributed by atoms with Crippen molar-refractivity contribution in [3.05, 3.63) is 5.92 Å². The summed E-state index contributed by atoms with van der Waals surface area (Å²) in [5.74, 6) is -2.43. The number of hydrogen-bond acceptors (Lipinski definition) is 1. The van der Waals surface area contributed by atoms with Gasteiger partial charge in [-0.3, -0.25) is 0 Å². The number of alkyl halides is 6. The van der Waals surface area contributed by atoms with Crippen LogP contribution in [-0.2, 0) is 4.57 Å². The van der Waals surface area contributed by atoms with Gasteiger partial charge < -0.3 is 14.7 Å². The average molecular weight is 286 g/mol. The summed E-state index contributed by atoms with van der Waals surface area (Å²) >= 11 is 0. The van der Waals surface area contributed by atoms with E-state index < -0.39 is 26.1 Å². The molecule has 0 aliphatic carbocycles. The number of hydrogen-bond donors (Lipinski definition) is 3. The summed E-state index contributed by atoms with van der Waals surface area (Å²) in [6, 6.07) is 0. The molecular formula is C4H6F6NaO4P. The molecule has 0 atom stereocenters. The maximum atomic E-state index is 11.2. The molecule has 0 aromatic heterocycles. The van der Waals surface area contributed by atoms with Gasteiger partial charge in [0, 0.05) is 0 Å². The molecule has 0 saturated heterocycles. The fourth-order valence-corrected chi connectivity index (χ4v) is 0.161. The summed E-state index contributed by atoms with van der Waals surface area (Å²) < 4.78 is 76.0.